The Morgan fingerprint density at radius 1 is 1.00 bits per heavy atom. The predicted octanol–water partition coefficient (Wildman–Crippen LogP) is 4.83. The van der Waals surface area contributed by atoms with Crippen molar-refractivity contribution in [1.82, 2.24) is 0 Å². The summed E-state index contributed by atoms with van der Waals surface area (Å²) in [6.07, 6.45) is 0. The first-order valence-corrected chi connectivity index (χ1v) is 7.02. The summed E-state index contributed by atoms with van der Waals surface area (Å²) in [5.74, 6) is 0.441. The van der Waals surface area contributed by atoms with Gasteiger partial charge in [0.2, 0.25) is 0 Å². The average Bonchev–Trinajstić information content (AvgIpc) is 2.36. The van der Waals surface area contributed by atoms with E-state index in [-0.39, 0.29) is 0 Å². The van der Waals surface area contributed by atoms with E-state index in [9.17, 15) is 0 Å². The average molecular weight is 289 g/mol. The monoisotopic (exact) mass is 288 g/mol. The van der Waals surface area contributed by atoms with Crippen LogP contribution in [0.2, 0.25) is 0 Å². The molecule has 0 bridgehead atoms. The van der Waals surface area contributed by atoms with Crippen molar-refractivity contribution in [3.05, 3.63) is 70.8 Å². The van der Waals surface area contributed by atoms with E-state index >= 15 is 0 Å². The highest BCUT2D eigenvalue weighted by molar-refractivity contribution is 9.09. The molecule has 1 atom stereocenters. The minimum absolute atomic E-state index is 0.441. The largest absolute Gasteiger partial charge is 0.0918 e. The van der Waals surface area contributed by atoms with Crippen LogP contribution < -0.4 is 0 Å². The molecule has 2 rings (SSSR count). The second kappa shape index (κ2) is 5.50. The standard InChI is InChI=1S/C16H17Br/c1-12-8-9-13(2)15(10-12)16(11-17)14-6-4-3-5-7-14/h3-10,16H,11H2,1-2H3. The number of hydrogen-bond acceptors (Lipinski definition) is 0. The van der Waals surface area contributed by atoms with Crippen molar-refractivity contribution in [3.8, 4) is 0 Å². The topological polar surface area (TPSA) is 0 Å². The van der Waals surface area contributed by atoms with Gasteiger partial charge in [0, 0.05) is 11.2 Å². The van der Waals surface area contributed by atoms with Crippen LogP contribution in [0.1, 0.15) is 28.2 Å². The molecular formula is C16H17Br. The Labute approximate surface area is 112 Å². The Hall–Kier alpha value is -1.08. The second-order valence-corrected chi connectivity index (χ2v) is 5.13. The first-order chi connectivity index (χ1) is 8.22. The third kappa shape index (κ3) is 2.78. The van der Waals surface area contributed by atoms with E-state index in [1.54, 1.807) is 0 Å². The highest BCUT2D eigenvalue weighted by atomic mass is 79.9. The van der Waals surface area contributed by atoms with E-state index < -0.39 is 0 Å². The van der Waals surface area contributed by atoms with Gasteiger partial charge in [0.25, 0.3) is 0 Å². The van der Waals surface area contributed by atoms with Gasteiger partial charge < -0.3 is 0 Å². The summed E-state index contributed by atoms with van der Waals surface area (Å²) in [5, 5.41) is 0.960. The summed E-state index contributed by atoms with van der Waals surface area (Å²) in [6.45, 7) is 4.34. The van der Waals surface area contributed by atoms with Gasteiger partial charge in [-0.15, -0.1) is 0 Å². The third-order valence-corrected chi connectivity index (χ3v) is 3.81. The van der Waals surface area contributed by atoms with Crippen molar-refractivity contribution in [2.45, 2.75) is 19.8 Å². The smallest absolute Gasteiger partial charge is 0.0189 e. The Morgan fingerprint density at radius 3 is 2.35 bits per heavy atom. The van der Waals surface area contributed by atoms with Gasteiger partial charge in [-0.25, -0.2) is 0 Å². The van der Waals surface area contributed by atoms with Crippen LogP contribution in [-0.2, 0) is 0 Å². The lowest BCUT2D eigenvalue weighted by atomic mass is 9.89. The van der Waals surface area contributed by atoms with Crippen LogP contribution >= 0.6 is 15.9 Å². The molecule has 0 saturated heterocycles. The fraction of sp³-hybridized carbons (Fsp3) is 0.250. The highest BCUT2D eigenvalue weighted by Gasteiger charge is 2.14. The van der Waals surface area contributed by atoms with Gasteiger partial charge in [-0.1, -0.05) is 70.0 Å². The van der Waals surface area contributed by atoms with Crippen LogP contribution in [0.15, 0.2) is 48.5 Å². The van der Waals surface area contributed by atoms with E-state index in [4.69, 9.17) is 0 Å². The Balaban J connectivity index is 2.46. The first-order valence-electron chi connectivity index (χ1n) is 5.90. The number of alkyl halides is 1. The molecule has 0 N–H and O–H groups in total. The molecule has 0 fully saturated rings. The summed E-state index contributed by atoms with van der Waals surface area (Å²) >= 11 is 3.65. The van der Waals surface area contributed by atoms with Crippen molar-refractivity contribution in [2.24, 2.45) is 0 Å². The van der Waals surface area contributed by atoms with Crippen molar-refractivity contribution in [1.29, 1.82) is 0 Å². The van der Waals surface area contributed by atoms with Gasteiger partial charge in [-0.05, 0) is 30.5 Å². The van der Waals surface area contributed by atoms with Gasteiger partial charge >= 0.3 is 0 Å². The zero-order valence-corrected chi connectivity index (χ0v) is 11.9. The molecule has 17 heavy (non-hydrogen) atoms. The molecule has 2 aromatic rings. The maximum absolute atomic E-state index is 3.65. The molecule has 0 spiro atoms. The van der Waals surface area contributed by atoms with E-state index in [2.05, 4.69) is 78.3 Å². The van der Waals surface area contributed by atoms with E-state index in [1.165, 1.54) is 22.3 Å². The summed E-state index contributed by atoms with van der Waals surface area (Å²) < 4.78 is 0. The molecule has 0 nitrogen and oxygen atoms in total. The lowest BCUT2D eigenvalue weighted by molar-refractivity contribution is 0.928. The predicted molar refractivity (Wildman–Crippen MR) is 78.0 cm³/mol. The van der Waals surface area contributed by atoms with E-state index in [0.717, 1.165) is 5.33 Å². The summed E-state index contributed by atoms with van der Waals surface area (Å²) in [4.78, 5) is 0. The van der Waals surface area contributed by atoms with Crippen molar-refractivity contribution < 1.29 is 0 Å². The lowest BCUT2D eigenvalue weighted by Crippen LogP contribution is -2.04. The van der Waals surface area contributed by atoms with Crippen LogP contribution in [0.5, 0.6) is 0 Å². The number of aryl methyl sites for hydroxylation is 2. The quantitative estimate of drug-likeness (QED) is 0.710. The van der Waals surface area contributed by atoms with Gasteiger partial charge in [0.15, 0.2) is 0 Å². The molecule has 0 heterocycles. The fourth-order valence-corrected chi connectivity index (χ4v) is 2.90. The zero-order chi connectivity index (χ0) is 12.3. The minimum atomic E-state index is 0.441. The maximum Gasteiger partial charge on any atom is 0.0189 e. The first kappa shape index (κ1) is 12.4. The fourth-order valence-electron chi connectivity index (χ4n) is 2.17. The number of hydrogen-bond donors (Lipinski definition) is 0. The van der Waals surface area contributed by atoms with Crippen LogP contribution in [0, 0.1) is 13.8 Å². The molecule has 0 aromatic heterocycles. The Morgan fingerprint density at radius 2 is 1.71 bits per heavy atom. The molecule has 0 amide bonds. The van der Waals surface area contributed by atoms with Gasteiger partial charge in [-0.2, -0.15) is 0 Å². The summed E-state index contributed by atoms with van der Waals surface area (Å²) in [6, 6.07) is 17.4. The van der Waals surface area contributed by atoms with Crippen LogP contribution in [0.4, 0.5) is 0 Å². The highest BCUT2D eigenvalue weighted by Crippen LogP contribution is 2.29. The molecule has 0 aliphatic heterocycles. The van der Waals surface area contributed by atoms with Crippen molar-refractivity contribution in [3.63, 3.8) is 0 Å². The molecule has 0 aliphatic carbocycles. The van der Waals surface area contributed by atoms with Gasteiger partial charge in [0.1, 0.15) is 0 Å². The molecule has 0 aliphatic rings. The number of benzene rings is 2. The number of rotatable bonds is 3. The van der Waals surface area contributed by atoms with E-state index in [0.29, 0.717) is 5.92 Å². The molecule has 0 saturated carbocycles. The third-order valence-electron chi connectivity index (χ3n) is 3.17. The second-order valence-electron chi connectivity index (χ2n) is 4.48. The molecule has 0 radical (unpaired) electrons. The van der Waals surface area contributed by atoms with Gasteiger partial charge in [0.05, 0.1) is 0 Å². The minimum Gasteiger partial charge on any atom is -0.0918 e. The van der Waals surface area contributed by atoms with Crippen molar-refractivity contribution in [2.75, 3.05) is 5.33 Å². The van der Waals surface area contributed by atoms with Gasteiger partial charge in [-0.3, -0.25) is 0 Å². The molecular weight excluding hydrogens is 272 g/mol. The van der Waals surface area contributed by atoms with Crippen LogP contribution in [0.25, 0.3) is 0 Å². The maximum atomic E-state index is 3.65. The van der Waals surface area contributed by atoms with Crippen LogP contribution in [-0.4, -0.2) is 5.33 Å². The SMILES string of the molecule is Cc1ccc(C)c(C(CBr)c2ccccc2)c1. The Kier molecular flexibility index (Phi) is 4.01. The summed E-state index contributed by atoms with van der Waals surface area (Å²) in [7, 11) is 0. The number of halogens is 1. The molecule has 2 aromatic carbocycles. The summed E-state index contributed by atoms with van der Waals surface area (Å²) in [5.41, 5.74) is 5.49. The molecule has 88 valence electrons. The Bertz CT molecular complexity index is 488. The molecule has 1 heteroatoms. The van der Waals surface area contributed by atoms with Crippen LogP contribution in [0.3, 0.4) is 0 Å². The normalized spacial score (nSPS) is 12.4. The van der Waals surface area contributed by atoms with Crippen molar-refractivity contribution >= 4 is 15.9 Å². The molecule has 1 unspecified atom stereocenters. The lowest BCUT2D eigenvalue weighted by Gasteiger charge is -2.18. The van der Waals surface area contributed by atoms with E-state index in [1.807, 2.05) is 0 Å². The zero-order valence-electron chi connectivity index (χ0n) is 10.3.